The van der Waals surface area contributed by atoms with Gasteiger partial charge < -0.3 is 20.8 Å². The Labute approximate surface area is 184 Å². The van der Waals surface area contributed by atoms with Gasteiger partial charge in [0.15, 0.2) is 0 Å². The minimum Gasteiger partial charge on any atom is -0.489 e. The zero-order chi connectivity index (χ0) is 22.2. The van der Waals surface area contributed by atoms with Crippen LogP contribution in [0.1, 0.15) is 36.1 Å². The van der Waals surface area contributed by atoms with E-state index in [0.717, 1.165) is 45.0 Å². The number of H-pyrrole nitrogens is 1. The van der Waals surface area contributed by atoms with E-state index in [1.165, 1.54) is 0 Å². The van der Waals surface area contributed by atoms with Crippen molar-refractivity contribution >= 4 is 22.7 Å². The molecule has 0 saturated carbocycles. The molecule has 160 valence electrons. The molecule has 0 aliphatic heterocycles. The van der Waals surface area contributed by atoms with E-state index in [2.05, 4.69) is 27.9 Å². The number of anilines is 1. The lowest BCUT2D eigenvalue weighted by atomic mass is 10.0. The average Bonchev–Trinajstić information content (AvgIpc) is 3.21. The third-order valence-corrected chi connectivity index (χ3v) is 4.82. The Balaban J connectivity index is 0.00000132. The molecule has 4 rings (SSSR count). The van der Waals surface area contributed by atoms with E-state index in [-0.39, 0.29) is 0 Å². The summed E-state index contributed by atoms with van der Waals surface area (Å²) in [6, 6.07) is 22.1. The van der Waals surface area contributed by atoms with Crippen LogP contribution in [-0.2, 0) is 13.2 Å². The highest BCUT2D eigenvalue weighted by atomic mass is 16.5. The summed E-state index contributed by atoms with van der Waals surface area (Å²) in [4.78, 5) is 7.82. The number of hydrogen-bond acceptors (Lipinski definition) is 4. The summed E-state index contributed by atoms with van der Waals surface area (Å²) in [7, 11) is 0. The molecule has 0 bridgehead atoms. The van der Waals surface area contributed by atoms with Crippen LogP contribution in [0.25, 0.3) is 16.7 Å². The van der Waals surface area contributed by atoms with Crippen LogP contribution in [0, 0.1) is 6.92 Å². The highest BCUT2D eigenvalue weighted by Crippen LogP contribution is 2.22. The highest BCUT2D eigenvalue weighted by Gasteiger charge is 2.08. The number of nitrogens with zero attached hydrogens (tertiary/aromatic N) is 1. The van der Waals surface area contributed by atoms with Crippen molar-refractivity contribution in [2.24, 2.45) is 5.73 Å². The second-order valence-corrected chi connectivity index (χ2v) is 7.03. The van der Waals surface area contributed by atoms with Gasteiger partial charge in [-0.15, -0.1) is 0 Å². The zero-order valence-electron chi connectivity index (χ0n) is 18.4. The second kappa shape index (κ2) is 10.3. The average molecular weight is 415 g/mol. The topological polar surface area (TPSA) is 76.0 Å². The van der Waals surface area contributed by atoms with E-state index in [4.69, 9.17) is 10.5 Å². The smallest absolute Gasteiger partial charge is 0.201 e. The molecule has 0 aliphatic rings. The Hall–Kier alpha value is -3.73. The number of nitrogens with two attached hydrogens (primary N) is 1. The molecule has 5 nitrogen and oxygen atoms in total. The van der Waals surface area contributed by atoms with Gasteiger partial charge in [0.05, 0.1) is 11.0 Å². The van der Waals surface area contributed by atoms with E-state index in [1.807, 2.05) is 81.4 Å². The molecule has 4 N–H and O–H groups in total. The lowest BCUT2D eigenvalue weighted by molar-refractivity contribution is 0.305. The van der Waals surface area contributed by atoms with Crippen molar-refractivity contribution in [2.45, 2.75) is 33.9 Å². The normalized spacial score (nSPS) is 10.3. The molecular formula is C26H30N4O. The van der Waals surface area contributed by atoms with Gasteiger partial charge in [0, 0.05) is 17.8 Å². The van der Waals surface area contributed by atoms with Crippen LogP contribution in [0.15, 0.2) is 73.3 Å². The van der Waals surface area contributed by atoms with Gasteiger partial charge in [-0.1, -0.05) is 62.9 Å². The number of nitrogens with one attached hydrogen (secondary N) is 2. The first kappa shape index (κ1) is 22.0. The number of benzene rings is 3. The number of aromatic nitrogens is 2. The fraction of sp³-hybridized carbons (Fsp3) is 0.192. The number of imidazole rings is 1. The predicted octanol–water partition coefficient (Wildman–Crippen LogP) is 6.02. The fourth-order valence-corrected chi connectivity index (χ4v) is 3.44. The number of ether oxygens (including phenoxy) is 1. The maximum atomic E-state index is 6.03. The van der Waals surface area contributed by atoms with Crippen LogP contribution in [0.2, 0.25) is 0 Å². The summed E-state index contributed by atoms with van der Waals surface area (Å²) in [5.41, 5.74) is 12.7. The fourth-order valence-electron chi connectivity index (χ4n) is 3.44. The SMILES string of the molecule is C=C(N)c1c(C)cccc1COc1cccc(CNc2nc3ccccc3[nH]2)c1.CC. The van der Waals surface area contributed by atoms with Crippen LogP contribution in [0.4, 0.5) is 5.95 Å². The van der Waals surface area contributed by atoms with Gasteiger partial charge in [0.1, 0.15) is 12.4 Å². The van der Waals surface area contributed by atoms with E-state index in [0.29, 0.717) is 18.8 Å². The van der Waals surface area contributed by atoms with Crippen LogP contribution in [0.3, 0.4) is 0 Å². The Kier molecular flexibility index (Phi) is 7.33. The number of fused-ring (bicyclic) bond motifs is 1. The standard InChI is InChI=1S/C24H24N4O.C2H6/c1-16-7-5-9-19(23(16)17(2)25)15-29-20-10-6-8-18(13-20)14-26-24-27-21-11-3-4-12-22(21)28-24;1-2/h3-13H,2,14-15,25H2,1H3,(H2,26,27,28);1-2H3. The van der Waals surface area contributed by atoms with Crippen LogP contribution >= 0.6 is 0 Å². The monoisotopic (exact) mass is 414 g/mol. The minimum atomic E-state index is 0.438. The Bertz CT molecular complexity index is 1130. The Morgan fingerprint density at radius 3 is 2.61 bits per heavy atom. The van der Waals surface area contributed by atoms with Gasteiger partial charge in [-0.2, -0.15) is 0 Å². The zero-order valence-corrected chi connectivity index (χ0v) is 18.4. The van der Waals surface area contributed by atoms with E-state index >= 15 is 0 Å². The van der Waals surface area contributed by atoms with E-state index in [9.17, 15) is 0 Å². The molecule has 1 heterocycles. The van der Waals surface area contributed by atoms with Crippen molar-refractivity contribution in [3.05, 3.63) is 95.6 Å². The van der Waals surface area contributed by atoms with Crippen molar-refractivity contribution in [3.8, 4) is 5.75 Å². The van der Waals surface area contributed by atoms with Gasteiger partial charge in [-0.05, 0) is 47.9 Å². The van der Waals surface area contributed by atoms with Crippen molar-refractivity contribution in [2.75, 3.05) is 5.32 Å². The third-order valence-electron chi connectivity index (χ3n) is 4.82. The largest absolute Gasteiger partial charge is 0.489 e. The number of aromatic amines is 1. The van der Waals surface area contributed by atoms with E-state index in [1.54, 1.807) is 0 Å². The van der Waals surface area contributed by atoms with Gasteiger partial charge >= 0.3 is 0 Å². The molecule has 0 saturated heterocycles. The van der Waals surface area contributed by atoms with Crippen LogP contribution < -0.4 is 15.8 Å². The number of hydrogen-bond donors (Lipinski definition) is 3. The summed E-state index contributed by atoms with van der Waals surface area (Å²) in [5.74, 6) is 1.56. The highest BCUT2D eigenvalue weighted by molar-refractivity contribution is 5.77. The van der Waals surface area contributed by atoms with Crippen molar-refractivity contribution in [1.29, 1.82) is 0 Å². The number of aryl methyl sites for hydroxylation is 1. The third kappa shape index (κ3) is 5.45. The maximum absolute atomic E-state index is 6.03. The molecule has 5 heteroatoms. The molecule has 0 fully saturated rings. The molecule has 0 amide bonds. The molecule has 0 atom stereocenters. The number of para-hydroxylation sites is 2. The van der Waals surface area contributed by atoms with Gasteiger partial charge in [0.25, 0.3) is 0 Å². The molecule has 0 unspecified atom stereocenters. The Morgan fingerprint density at radius 1 is 1.06 bits per heavy atom. The van der Waals surface area contributed by atoms with Gasteiger partial charge in [-0.3, -0.25) is 0 Å². The van der Waals surface area contributed by atoms with Crippen LogP contribution in [0.5, 0.6) is 5.75 Å². The molecule has 1 aromatic heterocycles. The summed E-state index contributed by atoms with van der Waals surface area (Å²) < 4.78 is 6.03. The first-order chi connectivity index (χ1) is 15.1. The molecular weight excluding hydrogens is 384 g/mol. The molecule has 31 heavy (non-hydrogen) atoms. The molecule has 3 aromatic carbocycles. The molecule has 0 aliphatic carbocycles. The van der Waals surface area contributed by atoms with E-state index < -0.39 is 0 Å². The predicted molar refractivity (Wildman–Crippen MR) is 130 cm³/mol. The summed E-state index contributed by atoms with van der Waals surface area (Å²) in [6.45, 7) is 11.0. The van der Waals surface area contributed by atoms with Crippen molar-refractivity contribution < 1.29 is 4.74 Å². The minimum absolute atomic E-state index is 0.438. The Morgan fingerprint density at radius 2 is 1.84 bits per heavy atom. The summed E-state index contributed by atoms with van der Waals surface area (Å²) in [6.07, 6.45) is 0. The van der Waals surface area contributed by atoms with Crippen molar-refractivity contribution in [3.63, 3.8) is 0 Å². The first-order valence-corrected chi connectivity index (χ1v) is 10.5. The van der Waals surface area contributed by atoms with Gasteiger partial charge in [0.2, 0.25) is 5.95 Å². The summed E-state index contributed by atoms with van der Waals surface area (Å²) >= 11 is 0. The first-order valence-electron chi connectivity index (χ1n) is 10.5. The van der Waals surface area contributed by atoms with Crippen LogP contribution in [-0.4, -0.2) is 9.97 Å². The lowest BCUT2D eigenvalue weighted by Gasteiger charge is -2.14. The quantitative estimate of drug-likeness (QED) is 0.346. The lowest BCUT2D eigenvalue weighted by Crippen LogP contribution is -2.06. The second-order valence-electron chi connectivity index (χ2n) is 7.03. The maximum Gasteiger partial charge on any atom is 0.201 e. The summed E-state index contributed by atoms with van der Waals surface area (Å²) in [5, 5.41) is 3.33. The van der Waals surface area contributed by atoms with Gasteiger partial charge in [-0.25, -0.2) is 4.98 Å². The molecule has 0 radical (unpaired) electrons. The number of rotatable bonds is 7. The van der Waals surface area contributed by atoms with Crippen molar-refractivity contribution in [1.82, 2.24) is 9.97 Å². The molecule has 4 aromatic rings. The molecule has 0 spiro atoms.